The average molecular weight is 375 g/mol. The van der Waals surface area contributed by atoms with Crippen molar-refractivity contribution in [3.8, 4) is 16.9 Å². The first-order chi connectivity index (χ1) is 13.7. The smallest absolute Gasteiger partial charge is 0.123 e. The fraction of sp³-hybridized carbons (Fsp3) is 0.0870. The first kappa shape index (κ1) is 18.1. The van der Waals surface area contributed by atoms with Gasteiger partial charge in [0.15, 0.2) is 0 Å². The molecule has 0 spiro atoms. The highest BCUT2D eigenvalue weighted by molar-refractivity contribution is 5.63. The first-order valence-corrected chi connectivity index (χ1v) is 9.04. The Morgan fingerprint density at radius 3 is 2.07 bits per heavy atom. The summed E-state index contributed by atoms with van der Waals surface area (Å²) in [6.07, 6.45) is 1.98. The number of hydrogen-bond donors (Lipinski definition) is 1. The Bertz CT molecular complexity index is 1040. The average Bonchev–Trinajstić information content (AvgIpc) is 3.15. The fourth-order valence-corrected chi connectivity index (χ4v) is 3.05. The van der Waals surface area contributed by atoms with Crippen molar-refractivity contribution >= 4 is 0 Å². The van der Waals surface area contributed by atoms with Crippen LogP contribution >= 0.6 is 0 Å². The van der Waals surface area contributed by atoms with E-state index in [1.807, 2.05) is 41.2 Å². The maximum Gasteiger partial charge on any atom is 0.123 e. The molecule has 0 unspecified atom stereocenters. The van der Waals surface area contributed by atoms with Crippen LogP contribution in [0.1, 0.15) is 11.1 Å². The molecule has 28 heavy (non-hydrogen) atoms. The van der Waals surface area contributed by atoms with Gasteiger partial charge in [-0.25, -0.2) is 13.5 Å². The summed E-state index contributed by atoms with van der Waals surface area (Å²) in [6.45, 7) is 1.19. The highest BCUT2D eigenvalue weighted by Gasteiger charge is 2.12. The Morgan fingerprint density at radius 2 is 1.39 bits per heavy atom. The van der Waals surface area contributed by atoms with Crippen LogP contribution in [0, 0.1) is 11.6 Å². The molecular weight excluding hydrogens is 356 g/mol. The van der Waals surface area contributed by atoms with Gasteiger partial charge in [-0.05, 0) is 54.1 Å². The van der Waals surface area contributed by atoms with Gasteiger partial charge in [0.1, 0.15) is 11.6 Å². The zero-order valence-corrected chi connectivity index (χ0v) is 15.1. The highest BCUT2D eigenvalue weighted by Crippen LogP contribution is 2.24. The van der Waals surface area contributed by atoms with Gasteiger partial charge in [0.2, 0.25) is 0 Å². The van der Waals surface area contributed by atoms with Crippen molar-refractivity contribution in [2.75, 3.05) is 0 Å². The van der Waals surface area contributed by atoms with Gasteiger partial charge in [-0.3, -0.25) is 0 Å². The second-order valence-corrected chi connectivity index (χ2v) is 6.52. The molecule has 5 heteroatoms. The van der Waals surface area contributed by atoms with Gasteiger partial charge in [0.05, 0.1) is 11.4 Å². The molecule has 0 saturated heterocycles. The van der Waals surface area contributed by atoms with Crippen LogP contribution in [0.25, 0.3) is 16.9 Å². The summed E-state index contributed by atoms with van der Waals surface area (Å²) in [7, 11) is 0. The summed E-state index contributed by atoms with van der Waals surface area (Å²) in [4.78, 5) is 0. The molecule has 3 aromatic carbocycles. The number of para-hydroxylation sites is 1. The Hall–Kier alpha value is -3.31. The van der Waals surface area contributed by atoms with Gasteiger partial charge in [-0.1, -0.05) is 30.3 Å². The standard InChI is InChI=1S/C23H19F2N3/c24-20-10-6-17(7-11-20)14-26-15-19-16-28(22-4-2-1-3-5-22)27-23(19)18-8-12-21(25)13-9-18/h1-13,16,26H,14-15H2. The van der Waals surface area contributed by atoms with Crippen LogP contribution in [-0.2, 0) is 13.1 Å². The van der Waals surface area contributed by atoms with E-state index in [4.69, 9.17) is 5.10 Å². The minimum atomic E-state index is -0.276. The molecule has 1 heterocycles. The summed E-state index contributed by atoms with van der Waals surface area (Å²) in [5, 5.41) is 8.10. The molecular formula is C23H19F2N3. The van der Waals surface area contributed by atoms with Crippen LogP contribution in [0.2, 0.25) is 0 Å². The monoisotopic (exact) mass is 375 g/mol. The van der Waals surface area contributed by atoms with Crippen molar-refractivity contribution < 1.29 is 8.78 Å². The lowest BCUT2D eigenvalue weighted by Gasteiger charge is -2.06. The zero-order valence-electron chi connectivity index (χ0n) is 15.1. The Kier molecular flexibility index (Phi) is 5.26. The van der Waals surface area contributed by atoms with E-state index in [1.54, 1.807) is 24.3 Å². The molecule has 1 aromatic heterocycles. The number of halogens is 2. The van der Waals surface area contributed by atoms with Crippen LogP contribution in [0.3, 0.4) is 0 Å². The molecule has 0 fully saturated rings. The van der Waals surface area contributed by atoms with Crippen molar-refractivity contribution in [1.82, 2.24) is 15.1 Å². The molecule has 1 N–H and O–H groups in total. The number of aromatic nitrogens is 2. The van der Waals surface area contributed by atoms with E-state index >= 15 is 0 Å². The fourth-order valence-electron chi connectivity index (χ4n) is 3.05. The third-order valence-corrected chi connectivity index (χ3v) is 4.49. The second-order valence-electron chi connectivity index (χ2n) is 6.52. The summed E-state index contributed by atoms with van der Waals surface area (Å²) in [6, 6.07) is 22.6. The largest absolute Gasteiger partial charge is 0.308 e. The van der Waals surface area contributed by atoms with Crippen LogP contribution < -0.4 is 5.32 Å². The summed E-state index contributed by atoms with van der Waals surface area (Å²) in [5.41, 5.74) is 4.61. The number of nitrogens with zero attached hydrogens (tertiary/aromatic N) is 2. The highest BCUT2D eigenvalue weighted by atomic mass is 19.1. The van der Waals surface area contributed by atoms with Gasteiger partial charge in [0, 0.05) is 30.4 Å². The molecule has 0 saturated carbocycles. The third kappa shape index (κ3) is 4.15. The van der Waals surface area contributed by atoms with Crippen molar-refractivity contribution in [1.29, 1.82) is 0 Å². The molecule has 4 rings (SSSR count). The van der Waals surface area contributed by atoms with E-state index in [1.165, 1.54) is 24.3 Å². The minimum absolute atomic E-state index is 0.244. The lowest BCUT2D eigenvalue weighted by atomic mass is 10.1. The van der Waals surface area contributed by atoms with E-state index in [0.717, 1.165) is 28.1 Å². The molecule has 0 aliphatic rings. The molecule has 0 atom stereocenters. The van der Waals surface area contributed by atoms with Gasteiger partial charge in [-0.2, -0.15) is 5.10 Å². The molecule has 0 radical (unpaired) electrons. The Morgan fingerprint density at radius 1 is 0.750 bits per heavy atom. The maximum atomic E-state index is 13.3. The van der Waals surface area contributed by atoms with Crippen LogP contribution in [-0.4, -0.2) is 9.78 Å². The molecule has 4 aromatic rings. The predicted octanol–water partition coefficient (Wildman–Crippen LogP) is 5.11. The topological polar surface area (TPSA) is 29.9 Å². The molecule has 140 valence electrons. The van der Waals surface area contributed by atoms with E-state index in [2.05, 4.69) is 5.32 Å². The van der Waals surface area contributed by atoms with Crippen LogP contribution in [0.5, 0.6) is 0 Å². The Balaban J connectivity index is 1.59. The van der Waals surface area contributed by atoms with E-state index in [9.17, 15) is 8.78 Å². The second kappa shape index (κ2) is 8.15. The van der Waals surface area contributed by atoms with E-state index < -0.39 is 0 Å². The number of rotatable bonds is 6. The predicted molar refractivity (Wildman–Crippen MR) is 106 cm³/mol. The van der Waals surface area contributed by atoms with Gasteiger partial charge in [0.25, 0.3) is 0 Å². The van der Waals surface area contributed by atoms with Crippen LogP contribution in [0.4, 0.5) is 8.78 Å². The number of benzene rings is 3. The Labute approximate surface area is 162 Å². The summed E-state index contributed by atoms with van der Waals surface area (Å²) in [5.74, 6) is -0.520. The lowest BCUT2D eigenvalue weighted by molar-refractivity contribution is 0.625. The first-order valence-electron chi connectivity index (χ1n) is 9.04. The number of hydrogen-bond acceptors (Lipinski definition) is 2. The summed E-state index contributed by atoms with van der Waals surface area (Å²) >= 11 is 0. The summed E-state index contributed by atoms with van der Waals surface area (Å²) < 4.78 is 28.2. The van der Waals surface area contributed by atoms with Crippen LogP contribution in [0.15, 0.2) is 85.1 Å². The normalized spacial score (nSPS) is 10.9. The maximum absolute atomic E-state index is 13.3. The molecule has 0 aliphatic carbocycles. The van der Waals surface area contributed by atoms with Gasteiger partial charge < -0.3 is 5.32 Å². The van der Waals surface area contributed by atoms with E-state index in [-0.39, 0.29) is 11.6 Å². The zero-order chi connectivity index (χ0) is 19.3. The third-order valence-electron chi connectivity index (χ3n) is 4.49. The van der Waals surface area contributed by atoms with Crippen molar-refractivity contribution in [2.24, 2.45) is 0 Å². The van der Waals surface area contributed by atoms with Crippen molar-refractivity contribution in [3.05, 3.63) is 108 Å². The quantitative estimate of drug-likeness (QED) is 0.508. The van der Waals surface area contributed by atoms with Gasteiger partial charge in [-0.15, -0.1) is 0 Å². The molecule has 0 aliphatic heterocycles. The number of nitrogens with one attached hydrogen (secondary N) is 1. The van der Waals surface area contributed by atoms with E-state index in [0.29, 0.717) is 13.1 Å². The molecule has 0 bridgehead atoms. The van der Waals surface area contributed by atoms with Gasteiger partial charge >= 0.3 is 0 Å². The minimum Gasteiger partial charge on any atom is -0.308 e. The molecule has 0 amide bonds. The molecule has 3 nitrogen and oxygen atoms in total. The van der Waals surface area contributed by atoms with Crippen molar-refractivity contribution in [3.63, 3.8) is 0 Å². The lowest BCUT2D eigenvalue weighted by Crippen LogP contribution is -2.12. The SMILES string of the molecule is Fc1ccc(CNCc2cn(-c3ccccc3)nc2-c2ccc(F)cc2)cc1. The van der Waals surface area contributed by atoms with Crippen molar-refractivity contribution in [2.45, 2.75) is 13.1 Å².